The van der Waals surface area contributed by atoms with E-state index in [1.54, 1.807) is 30.3 Å². The number of aromatic nitrogens is 2. The second kappa shape index (κ2) is 9.39. The summed E-state index contributed by atoms with van der Waals surface area (Å²) in [7, 11) is -3.47. The quantitative estimate of drug-likeness (QED) is 0.381. The third-order valence-electron chi connectivity index (χ3n) is 6.60. The summed E-state index contributed by atoms with van der Waals surface area (Å²) in [4.78, 5) is 31.1. The lowest BCUT2D eigenvalue weighted by Gasteiger charge is -2.29. The van der Waals surface area contributed by atoms with Crippen LogP contribution in [0.1, 0.15) is 35.3 Å². The molecule has 1 amide bonds. The van der Waals surface area contributed by atoms with Crippen LogP contribution >= 0.6 is 0 Å². The fraction of sp³-hybridized carbons (Fsp3) is 0.259. The molecule has 2 aromatic heterocycles. The van der Waals surface area contributed by atoms with Crippen LogP contribution in [0.3, 0.4) is 0 Å². The molecule has 0 unspecified atom stereocenters. The van der Waals surface area contributed by atoms with Gasteiger partial charge in [-0.2, -0.15) is 0 Å². The predicted octanol–water partition coefficient (Wildman–Crippen LogP) is 4.24. The number of carbonyl (C=O) groups excluding carboxylic acids is 1. The van der Waals surface area contributed by atoms with E-state index in [-0.39, 0.29) is 29.1 Å². The highest BCUT2D eigenvalue weighted by molar-refractivity contribution is 7.89. The molecule has 11 heteroatoms. The molecule has 8 nitrogen and oxygen atoms in total. The number of fused-ring (bicyclic) bond motifs is 2. The highest BCUT2D eigenvalue weighted by Gasteiger charge is 2.31. The lowest BCUT2D eigenvalue weighted by atomic mass is 9.95. The highest BCUT2D eigenvalue weighted by atomic mass is 32.2. The van der Waals surface area contributed by atoms with Gasteiger partial charge in [0.25, 0.3) is 11.5 Å². The summed E-state index contributed by atoms with van der Waals surface area (Å²) >= 11 is 0. The zero-order chi connectivity index (χ0) is 27.4. The largest absolute Gasteiger partial charge is 0.356 e. The van der Waals surface area contributed by atoms with Crippen molar-refractivity contribution in [1.29, 1.82) is 0 Å². The number of pyridine rings is 1. The molecule has 2 aromatic carbocycles. The van der Waals surface area contributed by atoms with Gasteiger partial charge in [-0.1, -0.05) is 0 Å². The van der Waals surface area contributed by atoms with Gasteiger partial charge in [0.05, 0.1) is 29.2 Å². The third-order valence-corrected chi connectivity index (χ3v) is 7.46. The van der Waals surface area contributed by atoms with Crippen molar-refractivity contribution in [2.24, 2.45) is 0 Å². The summed E-state index contributed by atoms with van der Waals surface area (Å²) in [6.45, 7) is 4.31. The number of rotatable bonds is 6. The average molecular weight is 541 g/mol. The molecule has 1 aliphatic heterocycles. The van der Waals surface area contributed by atoms with Crippen LogP contribution in [0.15, 0.2) is 47.5 Å². The fourth-order valence-corrected chi connectivity index (χ4v) is 5.86. The Bertz CT molecular complexity index is 1780. The summed E-state index contributed by atoms with van der Waals surface area (Å²) < 4.78 is 55.1. The highest BCUT2D eigenvalue weighted by Crippen LogP contribution is 2.46. The van der Waals surface area contributed by atoms with Crippen molar-refractivity contribution in [2.75, 3.05) is 17.7 Å². The molecule has 0 spiro atoms. The first-order chi connectivity index (χ1) is 18.0. The molecule has 0 atom stereocenters. The van der Waals surface area contributed by atoms with E-state index < -0.39 is 27.4 Å². The van der Waals surface area contributed by atoms with Crippen molar-refractivity contribution < 1.29 is 22.0 Å². The van der Waals surface area contributed by atoms with Crippen molar-refractivity contribution in [3.63, 3.8) is 0 Å². The van der Waals surface area contributed by atoms with E-state index >= 15 is 4.39 Å². The molecule has 198 valence electrons. The van der Waals surface area contributed by atoms with Gasteiger partial charge in [0, 0.05) is 54.3 Å². The van der Waals surface area contributed by atoms with Crippen molar-refractivity contribution in [1.82, 2.24) is 14.9 Å². The van der Waals surface area contributed by atoms with Gasteiger partial charge in [-0.3, -0.25) is 9.59 Å². The van der Waals surface area contributed by atoms with E-state index in [2.05, 4.69) is 10.3 Å². The van der Waals surface area contributed by atoms with Gasteiger partial charge in [-0.25, -0.2) is 17.2 Å². The monoisotopic (exact) mass is 540 g/mol. The number of aryl methyl sites for hydroxylation is 1. The van der Waals surface area contributed by atoms with Crippen LogP contribution < -0.4 is 15.8 Å². The molecule has 38 heavy (non-hydrogen) atoms. The van der Waals surface area contributed by atoms with Gasteiger partial charge in [0.2, 0.25) is 0 Å². The number of anilines is 2. The predicted molar refractivity (Wildman–Crippen MR) is 142 cm³/mol. The molecule has 1 aliphatic rings. The van der Waals surface area contributed by atoms with Gasteiger partial charge in [-0.05, 0) is 49.2 Å². The lowest BCUT2D eigenvalue weighted by molar-refractivity contribution is 0.0956. The molecular formula is C27H26F2N4O4S. The van der Waals surface area contributed by atoms with Crippen molar-refractivity contribution in [3.8, 4) is 11.1 Å². The second-order valence-corrected chi connectivity index (χ2v) is 11.5. The number of nitrogens with one attached hydrogen (secondary N) is 2. The van der Waals surface area contributed by atoms with Crippen molar-refractivity contribution >= 4 is 38.0 Å². The molecule has 3 heterocycles. The van der Waals surface area contributed by atoms with Gasteiger partial charge in [0.15, 0.2) is 9.84 Å². The third kappa shape index (κ3) is 4.36. The molecule has 0 fully saturated rings. The zero-order valence-corrected chi connectivity index (χ0v) is 21.9. The second-order valence-electron chi connectivity index (χ2n) is 9.35. The Balaban J connectivity index is 1.94. The summed E-state index contributed by atoms with van der Waals surface area (Å²) in [5.74, 6) is -2.38. The summed E-state index contributed by atoms with van der Waals surface area (Å²) in [5, 5.41) is 3.36. The van der Waals surface area contributed by atoms with Crippen molar-refractivity contribution in [3.05, 3.63) is 81.4 Å². The molecule has 2 N–H and O–H groups in total. The minimum absolute atomic E-state index is 0.0296. The fourth-order valence-electron chi connectivity index (χ4n) is 5.09. The average Bonchev–Trinajstić information content (AvgIpc) is 3.21. The Morgan fingerprint density at radius 1 is 1.13 bits per heavy atom. The summed E-state index contributed by atoms with van der Waals surface area (Å²) in [6, 6.07) is 6.35. The van der Waals surface area contributed by atoms with Crippen LogP contribution in [-0.4, -0.2) is 36.7 Å². The number of amides is 1. The van der Waals surface area contributed by atoms with E-state index in [9.17, 15) is 22.4 Å². The van der Waals surface area contributed by atoms with Crippen LogP contribution in [0.4, 0.5) is 20.2 Å². The van der Waals surface area contributed by atoms with E-state index in [0.717, 1.165) is 18.4 Å². The van der Waals surface area contributed by atoms with Gasteiger partial charge in [-0.15, -0.1) is 0 Å². The molecule has 0 radical (unpaired) electrons. The Kier molecular flexibility index (Phi) is 6.34. The lowest BCUT2D eigenvalue weighted by Crippen LogP contribution is -2.27. The van der Waals surface area contributed by atoms with E-state index in [1.165, 1.54) is 16.7 Å². The number of carbonyl (C=O) groups is 1. The molecule has 5 rings (SSSR count). The Hall–Kier alpha value is -3.99. The van der Waals surface area contributed by atoms with Gasteiger partial charge < -0.3 is 19.8 Å². The number of halogens is 2. The molecule has 4 aromatic rings. The summed E-state index contributed by atoms with van der Waals surface area (Å²) in [6.07, 6.45) is 4.44. The number of aromatic amines is 1. The molecule has 0 bridgehead atoms. The van der Waals surface area contributed by atoms with E-state index in [4.69, 9.17) is 0 Å². The van der Waals surface area contributed by atoms with Crippen LogP contribution in [0.25, 0.3) is 22.0 Å². The smallest absolute Gasteiger partial charge is 0.274 e. The summed E-state index contributed by atoms with van der Waals surface area (Å²) in [5.41, 5.74) is 2.70. The molecule has 0 aliphatic carbocycles. The van der Waals surface area contributed by atoms with Gasteiger partial charge >= 0.3 is 0 Å². The first-order valence-corrected chi connectivity index (χ1v) is 14.2. The van der Waals surface area contributed by atoms with Crippen LogP contribution in [0.2, 0.25) is 0 Å². The number of benzene rings is 2. The SMILES string of the molecule is CCNC(=O)c1cc(CS(C)(=O)=O)cc2c1N(c1ccc(F)cc1F)Cc1c[nH]c3c(=O)n(CC)cc-2c13. The molecule has 0 saturated carbocycles. The Labute approximate surface area is 217 Å². The van der Waals surface area contributed by atoms with Gasteiger partial charge in [0.1, 0.15) is 17.2 Å². The maximum atomic E-state index is 15.2. The number of hydrogen-bond donors (Lipinski definition) is 2. The number of sulfone groups is 1. The topological polar surface area (TPSA) is 104 Å². The molecular weight excluding hydrogens is 514 g/mol. The normalized spacial score (nSPS) is 12.9. The standard InChI is InChI=1S/C27H26F2N4O4S/c1-4-30-26(34)19-9-15(14-38(3,36)37)8-18-20-13-32(5-2)27(35)24-23(20)16(11-31-24)12-33(25(18)19)22-7-6-17(28)10-21(22)29/h6-11,13,31H,4-5,12,14H2,1-3H3,(H,30,34). The zero-order valence-electron chi connectivity index (χ0n) is 21.1. The van der Waals surface area contributed by atoms with Crippen molar-refractivity contribution in [2.45, 2.75) is 32.7 Å². The number of H-pyrrole nitrogens is 1. The minimum Gasteiger partial charge on any atom is -0.356 e. The first-order valence-electron chi connectivity index (χ1n) is 12.1. The maximum Gasteiger partial charge on any atom is 0.274 e. The molecule has 0 saturated heterocycles. The number of hydrogen-bond acceptors (Lipinski definition) is 5. The van der Waals surface area contributed by atoms with Crippen LogP contribution in [0.5, 0.6) is 0 Å². The first kappa shape index (κ1) is 25.7. The number of nitrogens with zero attached hydrogens (tertiary/aromatic N) is 2. The minimum atomic E-state index is -3.47. The maximum absolute atomic E-state index is 15.2. The van der Waals surface area contributed by atoms with Crippen LogP contribution in [-0.2, 0) is 28.7 Å². The van der Waals surface area contributed by atoms with E-state index in [0.29, 0.717) is 51.9 Å². The Morgan fingerprint density at radius 2 is 1.89 bits per heavy atom. The Morgan fingerprint density at radius 3 is 2.55 bits per heavy atom. The van der Waals surface area contributed by atoms with Crippen LogP contribution in [0, 0.1) is 11.6 Å². The van der Waals surface area contributed by atoms with E-state index in [1.807, 2.05) is 6.92 Å².